The summed E-state index contributed by atoms with van der Waals surface area (Å²) in [7, 11) is 3.04. The molecule has 0 bridgehead atoms. The van der Waals surface area contributed by atoms with Gasteiger partial charge in [-0.1, -0.05) is 0 Å². The third-order valence-corrected chi connectivity index (χ3v) is 1.95. The Kier molecular flexibility index (Phi) is 4.13. The molecule has 0 amide bonds. The Labute approximate surface area is 94.1 Å². The highest BCUT2D eigenvalue weighted by molar-refractivity contribution is 5.77. The minimum atomic E-state index is -0.659. The molecule has 0 saturated heterocycles. The SMILES string of the molecule is COc1ccc(OC(=O)[C@H](C)N)cc1OC. The van der Waals surface area contributed by atoms with Gasteiger partial charge in [-0.2, -0.15) is 0 Å². The fourth-order valence-corrected chi connectivity index (χ4v) is 1.09. The van der Waals surface area contributed by atoms with Crippen molar-refractivity contribution < 1.29 is 19.0 Å². The highest BCUT2D eigenvalue weighted by Gasteiger charge is 2.12. The van der Waals surface area contributed by atoms with Crippen LogP contribution in [0.25, 0.3) is 0 Å². The Hall–Kier alpha value is -1.75. The normalized spacial score (nSPS) is 11.8. The average Bonchev–Trinajstić information content (AvgIpc) is 2.28. The zero-order valence-corrected chi connectivity index (χ0v) is 9.52. The van der Waals surface area contributed by atoms with Gasteiger partial charge in [0.05, 0.1) is 14.2 Å². The molecule has 0 saturated carbocycles. The summed E-state index contributed by atoms with van der Waals surface area (Å²) < 4.78 is 15.1. The molecule has 0 unspecified atom stereocenters. The maximum Gasteiger partial charge on any atom is 0.328 e. The predicted octanol–water partition coefficient (Wildman–Crippen LogP) is 0.956. The Morgan fingerprint density at radius 2 is 1.88 bits per heavy atom. The average molecular weight is 225 g/mol. The van der Waals surface area contributed by atoms with Gasteiger partial charge in [-0.15, -0.1) is 0 Å². The highest BCUT2D eigenvalue weighted by Crippen LogP contribution is 2.30. The van der Waals surface area contributed by atoms with E-state index in [0.717, 1.165) is 0 Å². The lowest BCUT2D eigenvalue weighted by atomic mass is 10.3. The van der Waals surface area contributed by atoms with Crippen LogP contribution in [-0.4, -0.2) is 26.2 Å². The second-order valence-electron chi connectivity index (χ2n) is 3.23. The molecule has 0 spiro atoms. The van der Waals surface area contributed by atoms with Crippen molar-refractivity contribution in [3.05, 3.63) is 18.2 Å². The van der Waals surface area contributed by atoms with Crippen LogP contribution in [0.1, 0.15) is 6.92 Å². The summed E-state index contributed by atoms with van der Waals surface area (Å²) in [6.07, 6.45) is 0. The van der Waals surface area contributed by atoms with E-state index in [4.69, 9.17) is 19.9 Å². The van der Waals surface area contributed by atoms with Crippen LogP contribution in [0.4, 0.5) is 0 Å². The number of hydrogen-bond donors (Lipinski definition) is 1. The third kappa shape index (κ3) is 2.87. The number of carbonyl (C=O) groups is 1. The summed E-state index contributed by atoms with van der Waals surface area (Å²) in [6, 6.07) is 4.18. The van der Waals surface area contributed by atoms with Crippen LogP contribution < -0.4 is 19.9 Å². The quantitative estimate of drug-likeness (QED) is 0.610. The molecule has 1 aromatic carbocycles. The van der Waals surface area contributed by atoms with Crippen LogP contribution >= 0.6 is 0 Å². The van der Waals surface area contributed by atoms with Crippen molar-refractivity contribution in [1.82, 2.24) is 0 Å². The van der Waals surface area contributed by atoms with Crippen LogP contribution in [0.2, 0.25) is 0 Å². The molecule has 5 nitrogen and oxygen atoms in total. The molecular formula is C11H15NO4. The van der Waals surface area contributed by atoms with Gasteiger partial charge in [0.25, 0.3) is 0 Å². The van der Waals surface area contributed by atoms with E-state index in [1.807, 2.05) is 0 Å². The monoisotopic (exact) mass is 225 g/mol. The molecule has 0 fully saturated rings. The number of carbonyl (C=O) groups excluding carboxylic acids is 1. The lowest BCUT2D eigenvalue weighted by Gasteiger charge is -2.10. The first-order valence-electron chi connectivity index (χ1n) is 4.77. The van der Waals surface area contributed by atoms with Gasteiger partial charge in [-0.25, -0.2) is 4.79 Å². The summed E-state index contributed by atoms with van der Waals surface area (Å²) >= 11 is 0. The first kappa shape index (κ1) is 12.3. The molecule has 0 aliphatic heterocycles. The molecule has 2 N–H and O–H groups in total. The van der Waals surface area contributed by atoms with Crippen molar-refractivity contribution in [2.45, 2.75) is 13.0 Å². The van der Waals surface area contributed by atoms with Gasteiger partial charge in [0.1, 0.15) is 11.8 Å². The van der Waals surface area contributed by atoms with Crippen LogP contribution in [0.3, 0.4) is 0 Å². The maximum absolute atomic E-state index is 11.2. The van der Waals surface area contributed by atoms with Crippen LogP contribution in [-0.2, 0) is 4.79 Å². The summed E-state index contributed by atoms with van der Waals surface area (Å²) in [5.41, 5.74) is 5.38. The lowest BCUT2D eigenvalue weighted by Crippen LogP contribution is -2.30. The molecule has 1 rings (SSSR count). The van der Waals surface area contributed by atoms with Crippen molar-refractivity contribution in [1.29, 1.82) is 0 Å². The van der Waals surface area contributed by atoms with Crippen molar-refractivity contribution in [2.75, 3.05) is 14.2 Å². The molecule has 0 aliphatic rings. The number of benzene rings is 1. The van der Waals surface area contributed by atoms with Crippen molar-refractivity contribution >= 4 is 5.97 Å². The molecule has 1 atom stereocenters. The number of nitrogens with two attached hydrogens (primary N) is 1. The highest BCUT2D eigenvalue weighted by atomic mass is 16.5. The Morgan fingerprint density at radius 1 is 1.25 bits per heavy atom. The second kappa shape index (κ2) is 5.37. The molecule has 0 radical (unpaired) electrons. The molecule has 88 valence electrons. The predicted molar refractivity (Wildman–Crippen MR) is 58.8 cm³/mol. The zero-order chi connectivity index (χ0) is 12.1. The van der Waals surface area contributed by atoms with Crippen molar-refractivity contribution in [3.63, 3.8) is 0 Å². The van der Waals surface area contributed by atoms with Crippen molar-refractivity contribution in [3.8, 4) is 17.2 Å². The zero-order valence-electron chi connectivity index (χ0n) is 9.52. The summed E-state index contributed by atoms with van der Waals surface area (Å²) in [4.78, 5) is 11.2. The molecule has 0 aliphatic carbocycles. The topological polar surface area (TPSA) is 70.8 Å². The smallest absolute Gasteiger partial charge is 0.328 e. The Morgan fingerprint density at radius 3 is 2.38 bits per heavy atom. The van der Waals surface area contributed by atoms with Gasteiger partial charge in [-0.05, 0) is 19.1 Å². The van der Waals surface area contributed by atoms with Gasteiger partial charge < -0.3 is 19.9 Å². The van der Waals surface area contributed by atoms with Crippen LogP contribution in [0.5, 0.6) is 17.2 Å². The van der Waals surface area contributed by atoms with Crippen LogP contribution in [0, 0.1) is 0 Å². The van der Waals surface area contributed by atoms with Gasteiger partial charge in [0, 0.05) is 6.07 Å². The van der Waals surface area contributed by atoms with E-state index < -0.39 is 12.0 Å². The molecule has 5 heteroatoms. The lowest BCUT2D eigenvalue weighted by molar-refractivity contribution is -0.135. The molecular weight excluding hydrogens is 210 g/mol. The van der Waals surface area contributed by atoms with E-state index in [-0.39, 0.29) is 0 Å². The molecule has 0 heterocycles. The first-order chi connectivity index (χ1) is 7.58. The van der Waals surface area contributed by atoms with Gasteiger partial charge >= 0.3 is 5.97 Å². The number of methoxy groups -OCH3 is 2. The number of hydrogen-bond acceptors (Lipinski definition) is 5. The largest absolute Gasteiger partial charge is 0.493 e. The molecule has 1 aromatic rings. The van der Waals surface area contributed by atoms with Gasteiger partial charge in [0.15, 0.2) is 11.5 Å². The maximum atomic E-state index is 11.2. The fraction of sp³-hybridized carbons (Fsp3) is 0.364. The standard InChI is InChI=1S/C11H15NO4/c1-7(12)11(13)16-8-4-5-9(14-2)10(6-8)15-3/h4-7H,12H2,1-3H3/t7-/m0/s1. The van der Waals surface area contributed by atoms with E-state index in [0.29, 0.717) is 17.2 Å². The van der Waals surface area contributed by atoms with E-state index in [1.54, 1.807) is 25.1 Å². The minimum Gasteiger partial charge on any atom is -0.493 e. The van der Waals surface area contributed by atoms with Crippen molar-refractivity contribution in [2.24, 2.45) is 5.73 Å². The van der Waals surface area contributed by atoms with E-state index in [9.17, 15) is 4.79 Å². The van der Waals surface area contributed by atoms with E-state index in [1.165, 1.54) is 14.2 Å². The Bertz CT molecular complexity index is 376. The second-order valence-corrected chi connectivity index (χ2v) is 3.23. The van der Waals surface area contributed by atoms with Gasteiger partial charge in [-0.3, -0.25) is 0 Å². The summed E-state index contributed by atoms with van der Waals surface area (Å²) in [5, 5.41) is 0. The number of ether oxygens (including phenoxy) is 3. The first-order valence-corrected chi connectivity index (χ1v) is 4.77. The third-order valence-electron chi connectivity index (χ3n) is 1.95. The minimum absolute atomic E-state index is 0.375. The fourth-order valence-electron chi connectivity index (χ4n) is 1.09. The van der Waals surface area contributed by atoms with E-state index in [2.05, 4.69) is 0 Å². The number of rotatable bonds is 4. The van der Waals surface area contributed by atoms with Gasteiger partial charge in [0.2, 0.25) is 0 Å². The Balaban J connectivity index is 2.87. The molecule has 0 aromatic heterocycles. The van der Waals surface area contributed by atoms with E-state index >= 15 is 0 Å². The summed E-state index contributed by atoms with van der Waals surface area (Å²) in [6.45, 7) is 1.56. The molecule has 16 heavy (non-hydrogen) atoms. The number of esters is 1. The van der Waals surface area contributed by atoms with Crippen LogP contribution in [0.15, 0.2) is 18.2 Å². The summed E-state index contributed by atoms with van der Waals surface area (Å²) in [5.74, 6) is 0.952.